The summed E-state index contributed by atoms with van der Waals surface area (Å²) < 4.78 is 0. The van der Waals surface area contributed by atoms with Gasteiger partial charge in [0.1, 0.15) is 5.54 Å². The number of piperazine rings is 1. The highest BCUT2D eigenvalue weighted by Crippen LogP contribution is 2.16. The normalized spacial score (nSPS) is 18.5. The predicted molar refractivity (Wildman–Crippen MR) is 70.8 cm³/mol. The molecule has 1 aromatic rings. The third-order valence-electron chi connectivity index (χ3n) is 3.59. The van der Waals surface area contributed by atoms with Gasteiger partial charge >= 0.3 is 0 Å². The molecule has 1 aromatic heterocycles. The summed E-state index contributed by atoms with van der Waals surface area (Å²) in [5, 5.41) is 9.14. The van der Waals surface area contributed by atoms with Gasteiger partial charge in [0, 0.05) is 45.1 Å². The minimum atomic E-state index is -0.344. The Labute approximate surface area is 109 Å². The summed E-state index contributed by atoms with van der Waals surface area (Å²) in [7, 11) is 0. The quantitative estimate of drug-likeness (QED) is 0.808. The van der Waals surface area contributed by atoms with Crippen molar-refractivity contribution in [1.82, 2.24) is 14.8 Å². The Morgan fingerprint density at radius 3 is 2.39 bits per heavy atom. The molecule has 0 unspecified atom stereocenters. The molecule has 0 spiro atoms. The van der Waals surface area contributed by atoms with Crippen LogP contribution in [0, 0.1) is 11.3 Å². The molecule has 0 amide bonds. The van der Waals surface area contributed by atoms with E-state index in [1.807, 2.05) is 26.2 Å². The molecule has 96 valence electrons. The van der Waals surface area contributed by atoms with Crippen molar-refractivity contribution in [2.45, 2.75) is 25.9 Å². The van der Waals surface area contributed by atoms with Gasteiger partial charge in [-0.1, -0.05) is 0 Å². The summed E-state index contributed by atoms with van der Waals surface area (Å²) in [5.41, 5.74) is 0.959. The van der Waals surface area contributed by atoms with E-state index in [0.717, 1.165) is 32.7 Å². The van der Waals surface area contributed by atoms with Gasteiger partial charge < -0.3 is 0 Å². The van der Waals surface area contributed by atoms with E-state index < -0.39 is 0 Å². The Hall–Kier alpha value is -1.44. The molecular formula is C14H20N4. The van der Waals surface area contributed by atoms with Gasteiger partial charge in [-0.05, 0) is 31.5 Å². The fourth-order valence-electron chi connectivity index (χ4n) is 2.28. The lowest BCUT2D eigenvalue weighted by atomic mass is 10.0. The summed E-state index contributed by atoms with van der Waals surface area (Å²) in [5.74, 6) is 0. The molecule has 0 bridgehead atoms. The highest BCUT2D eigenvalue weighted by atomic mass is 15.3. The van der Waals surface area contributed by atoms with Gasteiger partial charge in [-0.15, -0.1) is 0 Å². The highest BCUT2D eigenvalue weighted by molar-refractivity contribution is 5.10. The molecular weight excluding hydrogens is 224 g/mol. The maximum atomic E-state index is 9.14. The fourth-order valence-corrected chi connectivity index (χ4v) is 2.28. The van der Waals surface area contributed by atoms with E-state index in [0.29, 0.717) is 0 Å². The summed E-state index contributed by atoms with van der Waals surface area (Å²) in [6.07, 6.45) is 3.68. The third-order valence-corrected chi connectivity index (χ3v) is 3.59. The van der Waals surface area contributed by atoms with Crippen molar-refractivity contribution >= 4 is 0 Å². The Morgan fingerprint density at radius 2 is 1.83 bits per heavy atom. The number of pyridine rings is 1. The van der Waals surface area contributed by atoms with Crippen molar-refractivity contribution in [2.75, 3.05) is 26.2 Å². The largest absolute Gasteiger partial charge is 0.297 e. The molecule has 0 aliphatic carbocycles. The monoisotopic (exact) mass is 244 g/mol. The van der Waals surface area contributed by atoms with E-state index in [1.54, 1.807) is 0 Å². The second-order valence-corrected chi connectivity index (χ2v) is 5.29. The van der Waals surface area contributed by atoms with Crippen LogP contribution in [0.3, 0.4) is 0 Å². The zero-order chi connectivity index (χ0) is 13.0. The van der Waals surface area contributed by atoms with Crippen molar-refractivity contribution in [3.8, 4) is 6.07 Å². The molecule has 1 fully saturated rings. The summed E-state index contributed by atoms with van der Waals surface area (Å²) >= 11 is 0. The summed E-state index contributed by atoms with van der Waals surface area (Å²) in [4.78, 5) is 8.72. The topological polar surface area (TPSA) is 43.2 Å². The first-order chi connectivity index (χ1) is 8.62. The van der Waals surface area contributed by atoms with Crippen molar-refractivity contribution in [2.24, 2.45) is 0 Å². The molecule has 2 heterocycles. The Kier molecular flexibility index (Phi) is 3.95. The number of nitrogens with zero attached hydrogens (tertiary/aromatic N) is 4. The predicted octanol–water partition coefficient (Wildman–Crippen LogP) is 1.50. The van der Waals surface area contributed by atoms with Crippen LogP contribution in [0.2, 0.25) is 0 Å². The number of aromatic nitrogens is 1. The summed E-state index contributed by atoms with van der Waals surface area (Å²) in [6, 6.07) is 6.50. The number of hydrogen-bond donors (Lipinski definition) is 0. The SMILES string of the molecule is CC(C)(C#N)N1CCN(Cc2ccncc2)CC1. The van der Waals surface area contributed by atoms with Crippen molar-refractivity contribution in [3.05, 3.63) is 30.1 Å². The number of nitriles is 1. The van der Waals surface area contributed by atoms with Crippen LogP contribution in [-0.4, -0.2) is 46.5 Å². The van der Waals surface area contributed by atoms with Crippen LogP contribution in [0.4, 0.5) is 0 Å². The smallest absolute Gasteiger partial charge is 0.103 e. The van der Waals surface area contributed by atoms with Gasteiger partial charge in [-0.2, -0.15) is 5.26 Å². The molecule has 0 radical (unpaired) electrons. The van der Waals surface area contributed by atoms with Gasteiger partial charge in [-0.25, -0.2) is 0 Å². The van der Waals surface area contributed by atoms with Crippen LogP contribution >= 0.6 is 0 Å². The lowest BCUT2D eigenvalue weighted by Gasteiger charge is -2.40. The first kappa shape index (κ1) is 13.0. The highest BCUT2D eigenvalue weighted by Gasteiger charge is 2.29. The average molecular weight is 244 g/mol. The van der Waals surface area contributed by atoms with Crippen LogP contribution < -0.4 is 0 Å². The molecule has 1 aliphatic rings. The Bertz CT molecular complexity index is 413. The number of hydrogen-bond acceptors (Lipinski definition) is 4. The van der Waals surface area contributed by atoms with Gasteiger partial charge in [0.05, 0.1) is 6.07 Å². The van der Waals surface area contributed by atoms with E-state index in [4.69, 9.17) is 5.26 Å². The second-order valence-electron chi connectivity index (χ2n) is 5.29. The third kappa shape index (κ3) is 3.06. The van der Waals surface area contributed by atoms with Gasteiger partial charge in [0.15, 0.2) is 0 Å². The van der Waals surface area contributed by atoms with Crippen LogP contribution in [0.25, 0.3) is 0 Å². The van der Waals surface area contributed by atoms with E-state index in [1.165, 1.54) is 5.56 Å². The Morgan fingerprint density at radius 1 is 1.22 bits per heavy atom. The lowest BCUT2D eigenvalue weighted by molar-refractivity contribution is 0.0764. The zero-order valence-corrected chi connectivity index (χ0v) is 11.1. The van der Waals surface area contributed by atoms with E-state index in [9.17, 15) is 0 Å². The molecule has 1 saturated heterocycles. The fraction of sp³-hybridized carbons (Fsp3) is 0.571. The van der Waals surface area contributed by atoms with Crippen LogP contribution in [0.15, 0.2) is 24.5 Å². The summed E-state index contributed by atoms with van der Waals surface area (Å²) in [6.45, 7) is 8.93. The van der Waals surface area contributed by atoms with Crippen LogP contribution in [-0.2, 0) is 6.54 Å². The molecule has 0 saturated carbocycles. The van der Waals surface area contributed by atoms with Crippen LogP contribution in [0.5, 0.6) is 0 Å². The first-order valence-electron chi connectivity index (χ1n) is 6.39. The molecule has 4 nitrogen and oxygen atoms in total. The van der Waals surface area contributed by atoms with Crippen molar-refractivity contribution in [1.29, 1.82) is 5.26 Å². The van der Waals surface area contributed by atoms with Crippen LogP contribution in [0.1, 0.15) is 19.4 Å². The lowest BCUT2D eigenvalue weighted by Crippen LogP contribution is -2.53. The molecule has 0 atom stereocenters. The van der Waals surface area contributed by atoms with Gasteiger partial charge in [0.2, 0.25) is 0 Å². The van der Waals surface area contributed by atoms with E-state index in [2.05, 4.69) is 33.0 Å². The molecule has 4 heteroatoms. The molecule has 2 rings (SSSR count). The van der Waals surface area contributed by atoms with Crippen molar-refractivity contribution in [3.63, 3.8) is 0 Å². The average Bonchev–Trinajstić information content (AvgIpc) is 2.40. The molecule has 0 aromatic carbocycles. The first-order valence-corrected chi connectivity index (χ1v) is 6.39. The number of rotatable bonds is 3. The standard InChI is InChI=1S/C14H20N4/c1-14(2,12-15)18-9-7-17(8-10-18)11-13-3-5-16-6-4-13/h3-6H,7-11H2,1-2H3. The minimum absolute atomic E-state index is 0.344. The second kappa shape index (κ2) is 5.47. The van der Waals surface area contributed by atoms with E-state index >= 15 is 0 Å². The zero-order valence-electron chi connectivity index (χ0n) is 11.1. The van der Waals surface area contributed by atoms with Crippen molar-refractivity contribution < 1.29 is 0 Å². The molecule has 18 heavy (non-hydrogen) atoms. The maximum Gasteiger partial charge on any atom is 0.103 e. The van der Waals surface area contributed by atoms with Gasteiger partial charge in [0.25, 0.3) is 0 Å². The molecule has 0 N–H and O–H groups in total. The molecule has 1 aliphatic heterocycles. The Balaban J connectivity index is 1.86. The van der Waals surface area contributed by atoms with E-state index in [-0.39, 0.29) is 5.54 Å². The minimum Gasteiger partial charge on any atom is -0.297 e. The van der Waals surface area contributed by atoms with Gasteiger partial charge in [-0.3, -0.25) is 14.8 Å². The maximum absolute atomic E-state index is 9.14.